The van der Waals surface area contributed by atoms with E-state index in [2.05, 4.69) is 10.4 Å². The third kappa shape index (κ3) is 4.35. The third-order valence-corrected chi connectivity index (χ3v) is 7.11. The van der Waals surface area contributed by atoms with Crippen molar-refractivity contribution in [2.45, 2.75) is 32.1 Å². The molecule has 35 heavy (non-hydrogen) atoms. The summed E-state index contributed by atoms with van der Waals surface area (Å²) < 4.78 is 29.3. The van der Waals surface area contributed by atoms with Crippen LogP contribution in [-0.2, 0) is 24.4 Å². The summed E-state index contributed by atoms with van der Waals surface area (Å²) in [5.41, 5.74) is 0.667. The lowest BCUT2D eigenvalue weighted by Crippen LogP contribution is -2.63. The molecule has 0 saturated carbocycles. The fourth-order valence-electron chi connectivity index (χ4n) is 4.21. The van der Waals surface area contributed by atoms with Crippen LogP contribution < -0.4 is 5.32 Å². The van der Waals surface area contributed by atoms with Gasteiger partial charge in [0.2, 0.25) is 5.91 Å². The maximum atomic E-state index is 14.5. The van der Waals surface area contributed by atoms with Crippen LogP contribution in [0.3, 0.4) is 0 Å². The molecule has 0 aliphatic carbocycles. The van der Waals surface area contributed by atoms with Crippen LogP contribution >= 0.6 is 11.3 Å². The second kappa shape index (κ2) is 9.07. The summed E-state index contributed by atoms with van der Waals surface area (Å²) in [6.45, 7) is 1.83. The summed E-state index contributed by atoms with van der Waals surface area (Å²) in [7, 11) is 0. The molecule has 1 aliphatic rings. The molecule has 0 radical (unpaired) electrons. The van der Waals surface area contributed by atoms with Crippen LogP contribution in [0.2, 0.25) is 0 Å². The fraction of sp³-hybridized carbons (Fsp3) is 0.192. The van der Waals surface area contributed by atoms with E-state index in [4.69, 9.17) is 0 Å². The number of hydrogen-bond donors (Lipinski definition) is 1. The highest BCUT2D eigenvalue weighted by molar-refractivity contribution is 7.13. The maximum Gasteiger partial charge on any atom is 0.273 e. The van der Waals surface area contributed by atoms with Crippen LogP contribution in [0.5, 0.6) is 0 Å². The van der Waals surface area contributed by atoms with Gasteiger partial charge in [-0.25, -0.2) is 8.78 Å². The molecule has 0 saturated heterocycles. The molecule has 0 unspecified atom stereocenters. The van der Waals surface area contributed by atoms with Crippen LogP contribution in [0.1, 0.15) is 28.5 Å². The van der Waals surface area contributed by atoms with Crippen LogP contribution in [-0.4, -0.2) is 32.0 Å². The summed E-state index contributed by atoms with van der Waals surface area (Å²) in [6.07, 6.45) is 0. The van der Waals surface area contributed by atoms with Gasteiger partial charge < -0.3 is 10.2 Å². The van der Waals surface area contributed by atoms with Gasteiger partial charge in [-0.05, 0) is 48.2 Å². The first kappa shape index (κ1) is 22.9. The van der Waals surface area contributed by atoms with Gasteiger partial charge in [0.1, 0.15) is 28.6 Å². The number of thiophene rings is 1. The normalized spacial score (nSPS) is 17.3. The minimum absolute atomic E-state index is 0.0779. The molecule has 3 heterocycles. The van der Waals surface area contributed by atoms with Crippen LogP contribution in [0, 0.1) is 11.6 Å². The Bertz CT molecular complexity index is 1380. The number of hydrogen-bond acceptors (Lipinski definition) is 4. The molecule has 5 rings (SSSR count). The van der Waals surface area contributed by atoms with Gasteiger partial charge in [0.15, 0.2) is 0 Å². The molecule has 6 nitrogen and oxygen atoms in total. The Kier molecular flexibility index (Phi) is 5.94. The zero-order valence-electron chi connectivity index (χ0n) is 18.9. The van der Waals surface area contributed by atoms with Crippen molar-refractivity contribution in [1.29, 1.82) is 0 Å². The van der Waals surface area contributed by atoms with E-state index in [0.717, 1.165) is 4.88 Å². The standard InChI is InChI=1S/C26H22F2N4O2S/c1-26(25(34)29-14-17-8-10-19(27)11-9-17)16-32-22(13-21(30-32)23-7-4-12-35-23)24(33)31(26)15-18-5-2-3-6-20(18)28/h2-13H,14-16H2,1H3,(H,29,34)/t26-/m1/s1. The predicted octanol–water partition coefficient (Wildman–Crippen LogP) is 4.62. The van der Waals surface area contributed by atoms with Crippen molar-refractivity contribution >= 4 is 23.2 Å². The quantitative estimate of drug-likeness (QED) is 0.427. The third-order valence-electron chi connectivity index (χ3n) is 6.21. The van der Waals surface area contributed by atoms with Gasteiger partial charge in [0.05, 0.1) is 18.0 Å². The van der Waals surface area contributed by atoms with Crippen LogP contribution in [0.4, 0.5) is 8.78 Å². The highest BCUT2D eigenvalue weighted by Crippen LogP contribution is 2.33. The van der Waals surface area contributed by atoms with Gasteiger partial charge in [0.25, 0.3) is 5.91 Å². The summed E-state index contributed by atoms with van der Waals surface area (Å²) in [5.74, 6) is -1.64. The predicted molar refractivity (Wildman–Crippen MR) is 128 cm³/mol. The average Bonchev–Trinajstić information content (AvgIpc) is 3.52. The molecular formula is C26H22F2N4O2S. The number of nitrogens with one attached hydrogen (secondary N) is 1. The van der Waals surface area contributed by atoms with Crippen molar-refractivity contribution < 1.29 is 18.4 Å². The molecule has 178 valence electrons. The van der Waals surface area contributed by atoms with E-state index in [1.54, 1.807) is 48.0 Å². The summed E-state index contributed by atoms with van der Waals surface area (Å²) in [6, 6.07) is 17.5. The second-order valence-corrected chi connectivity index (χ2v) is 9.56. The Balaban J connectivity index is 1.49. The van der Waals surface area contributed by atoms with Crippen LogP contribution in [0.25, 0.3) is 10.6 Å². The van der Waals surface area contributed by atoms with Crippen molar-refractivity contribution in [3.05, 3.63) is 101 Å². The Labute approximate surface area is 204 Å². The van der Waals surface area contributed by atoms with Crippen molar-refractivity contribution in [1.82, 2.24) is 20.0 Å². The highest BCUT2D eigenvalue weighted by atomic mass is 32.1. The smallest absolute Gasteiger partial charge is 0.273 e. The number of nitrogens with zero attached hydrogens (tertiary/aromatic N) is 3. The first-order chi connectivity index (χ1) is 16.8. The van der Waals surface area contributed by atoms with Gasteiger partial charge in [-0.15, -0.1) is 11.3 Å². The lowest BCUT2D eigenvalue weighted by Gasteiger charge is -2.43. The monoisotopic (exact) mass is 492 g/mol. The lowest BCUT2D eigenvalue weighted by molar-refractivity contribution is -0.133. The molecule has 0 spiro atoms. The number of benzene rings is 2. The average molecular weight is 493 g/mol. The van der Waals surface area contributed by atoms with E-state index >= 15 is 0 Å². The molecule has 2 aromatic carbocycles. The molecule has 1 N–H and O–H groups in total. The SMILES string of the molecule is C[C@]1(C(=O)NCc2ccc(F)cc2)Cn2nc(-c3cccs3)cc2C(=O)N1Cc1ccccc1F. The van der Waals surface area contributed by atoms with E-state index in [9.17, 15) is 18.4 Å². The Morgan fingerprint density at radius 2 is 1.89 bits per heavy atom. The zero-order valence-corrected chi connectivity index (χ0v) is 19.7. The summed E-state index contributed by atoms with van der Waals surface area (Å²) >= 11 is 1.50. The Morgan fingerprint density at radius 1 is 1.11 bits per heavy atom. The topological polar surface area (TPSA) is 67.2 Å². The van der Waals surface area contributed by atoms with Gasteiger partial charge in [-0.2, -0.15) is 5.10 Å². The summed E-state index contributed by atoms with van der Waals surface area (Å²) in [5, 5.41) is 9.37. The largest absolute Gasteiger partial charge is 0.350 e. The lowest BCUT2D eigenvalue weighted by atomic mass is 9.94. The molecule has 4 aromatic rings. The van der Waals surface area contributed by atoms with Gasteiger partial charge in [0, 0.05) is 12.1 Å². The first-order valence-corrected chi connectivity index (χ1v) is 11.9. The number of carbonyl (C=O) groups is 2. The van der Waals surface area contributed by atoms with Crippen molar-refractivity contribution in [2.24, 2.45) is 0 Å². The van der Waals surface area contributed by atoms with Crippen molar-refractivity contribution in [3.8, 4) is 10.6 Å². The Morgan fingerprint density at radius 3 is 2.60 bits per heavy atom. The number of fused-ring (bicyclic) bond motifs is 1. The highest BCUT2D eigenvalue weighted by Gasteiger charge is 2.48. The minimum Gasteiger partial charge on any atom is -0.350 e. The van der Waals surface area contributed by atoms with Gasteiger partial charge in [-0.3, -0.25) is 14.3 Å². The van der Waals surface area contributed by atoms with E-state index in [1.165, 1.54) is 34.4 Å². The first-order valence-electron chi connectivity index (χ1n) is 11.0. The molecule has 1 aliphatic heterocycles. The fourth-order valence-corrected chi connectivity index (χ4v) is 4.89. The number of carbonyl (C=O) groups excluding carboxylic acids is 2. The zero-order chi connectivity index (χ0) is 24.6. The Hall–Kier alpha value is -3.85. The molecule has 2 amide bonds. The maximum absolute atomic E-state index is 14.5. The summed E-state index contributed by atoms with van der Waals surface area (Å²) in [4.78, 5) is 29.5. The number of amides is 2. The number of aromatic nitrogens is 2. The second-order valence-electron chi connectivity index (χ2n) is 8.62. The molecule has 1 atom stereocenters. The molecule has 0 bridgehead atoms. The molecule has 2 aromatic heterocycles. The van der Waals surface area contributed by atoms with Gasteiger partial charge in [-0.1, -0.05) is 36.4 Å². The molecule has 9 heteroatoms. The minimum atomic E-state index is -1.34. The number of halogens is 2. The van der Waals surface area contributed by atoms with E-state index in [1.807, 2.05) is 17.5 Å². The molecular weight excluding hydrogens is 470 g/mol. The van der Waals surface area contributed by atoms with Crippen LogP contribution in [0.15, 0.2) is 72.1 Å². The van der Waals surface area contributed by atoms with Crippen molar-refractivity contribution in [2.75, 3.05) is 0 Å². The molecule has 0 fully saturated rings. The van der Waals surface area contributed by atoms with E-state index < -0.39 is 23.2 Å². The van der Waals surface area contributed by atoms with E-state index in [0.29, 0.717) is 22.5 Å². The van der Waals surface area contributed by atoms with E-state index in [-0.39, 0.29) is 25.5 Å². The van der Waals surface area contributed by atoms with Gasteiger partial charge >= 0.3 is 0 Å². The van der Waals surface area contributed by atoms with Crippen molar-refractivity contribution in [3.63, 3.8) is 0 Å². The number of rotatable bonds is 6.